The van der Waals surface area contributed by atoms with Crippen LogP contribution >= 0.6 is 0 Å². The summed E-state index contributed by atoms with van der Waals surface area (Å²) in [6.45, 7) is 8.72. The van der Waals surface area contributed by atoms with Gasteiger partial charge in [-0.2, -0.15) is 15.0 Å². The number of rotatable bonds is 8. The van der Waals surface area contributed by atoms with Crippen LogP contribution in [0.4, 0.5) is 11.9 Å². The lowest BCUT2D eigenvalue weighted by Gasteiger charge is -2.14. The van der Waals surface area contributed by atoms with E-state index in [0.717, 1.165) is 19.6 Å². The SMILES string of the molecule is CCN(C)CCNc1nc(NC)nc(OC(C)C)n1. The second-order valence-corrected chi connectivity index (χ2v) is 4.50. The van der Waals surface area contributed by atoms with Crippen molar-refractivity contribution in [2.24, 2.45) is 0 Å². The molecule has 0 saturated heterocycles. The Hall–Kier alpha value is -1.63. The molecule has 0 aromatic carbocycles. The van der Waals surface area contributed by atoms with E-state index in [0.29, 0.717) is 17.9 Å². The molecular formula is C12H24N6O. The Kier molecular flexibility index (Phi) is 6.27. The van der Waals surface area contributed by atoms with Gasteiger partial charge in [0.05, 0.1) is 6.10 Å². The van der Waals surface area contributed by atoms with Crippen LogP contribution in [0.15, 0.2) is 0 Å². The van der Waals surface area contributed by atoms with Gasteiger partial charge >= 0.3 is 6.01 Å². The smallest absolute Gasteiger partial charge is 0.323 e. The fourth-order valence-corrected chi connectivity index (χ4v) is 1.33. The molecule has 0 radical (unpaired) electrons. The number of aromatic nitrogens is 3. The van der Waals surface area contributed by atoms with Crippen molar-refractivity contribution in [3.63, 3.8) is 0 Å². The molecular weight excluding hydrogens is 244 g/mol. The Labute approximate surface area is 114 Å². The molecule has 19 heavy (non-hydrogen) atoms. The predicted octanol–water partition coefficient (Wildman–Crippen LogP) is 1.06. The Bertz CT molecular complexity index is 384. The first-order chi connectivity index (χ1) is 9.05. The average molecular weight is 268 g/mol. The van der Waals surface area contributed by atoms with E-state index in [1.165, 1.54) is 0 Å². The van der Waals surface area contributed by atoms with Crippen LogP contribution < -0.4 is 15.4 Å². The topological polar surface area (TPSA) is 75.2 Å². The number of likely N-dealkylation sites (N-methyl/N-ethyl adjacent to an activating group) is 1. The highest BCUT2D eigenvalue weighted by Gasteiger charge is 2.08. The van der Waals surface area contributed by atoms with Crippen LogP contribution in [0.3, 0.4) is 0 Å². The summed E-state index contributed by atoms with van der Waals surface area (Å²) in [5, 5.41) is 6.07. The third-order valence-electron chi connectivity index (χ3n) is 2.50. The van der Waals surface area contributed by atoms with E-state index >= 15 is 0 Å². The van der Waals surface area contributed by atoms with Crippen molar-refractivity contribution in [2.75, 3.05) is 44.4 Å². The van der Waals surface area contributed by atoms with Gasteiger partial charge in [-0.1, -0.05) is 6.92 Å². The van der Waals surface area contributed by atoms with Gasteiger partial charge in [0.25, 0.3) is 0 Å². The lowest BCUT2D eigenvalue weighted by molar-refractivity contribution is 0.222. The number of ether oxygens (including phenoxy) is 1. The summed E-state index contributed by atoms with van der Waals surface area (Å²) in [6.07, 6.45) is 0.0335. The highest BCUT2D eigenvalue weighted by Crippen LogP contribution is 2.11. The Morgan fingerprint density at radius 2 is 1.89 bits per heavy atom. The molecule has 0 aliphatic rings. The molecule has 0 atom stereocenters. The first-order valence-corrected chi connectivity index (χ1v) is 6.58. The first-order valence-electron chi connectivity index (χ1n) is 6.58. The van der Waals surface area contributed by atoms with E-state index in [-0.39, 0.29) is 6.10 Å². The molecule has 0 amide bonds. The predicted molar refractivity (Wildman–Crippen MR) is 76.8 cm³/mol. The van der Waals surface area contributed by atoms with Gasteiger partial charge in [-0.3, -0.25) is 0 Å². The average Bonchev–Trinajstić information content (AvgIpc) is 2.37. The fourth-order valence-electron chi connectivity index (χ4n) is 1.33. The van der Waals surface area contributed by atoms with Crippen molar-refractivity contribution in [1.29, 1.82) is 0 Å². The molecule has 1 heterocycles. The van der Waals surface area contributed by atoms with E-state index in [4.69, 9.17) is 4.74 Å². The highest BCUT2D eigenvalue weighted by atomic mass is 16.5. The molecule has 1 aromatic heterocycles. The molecule has 0 spiro atoms. The maximum absolute atomic E-state index is 5.49. The van der Waals surface area contributed by atoms with E-state index in [9.17, 15) is 0 Å². The molecule has 0 unspecified atom stereocenters. The highest BCUT2D eigenvalue weighted by molar-refractivity contribution is 5.35. The van der Waals surface area contributed by atoms with E-state index in [2.05, 4.69) is 44.5 Å². The maximum Gasteiger partial charge on any atom is 0.323 e. The summed E-state index contributed by atoms with van der Waals surface area (Å²) in [5.74, 6) is 1.02. The van der Waals surface area contributed by atoms with Crippen LogP contribution in [0, 0.1) is 0 Å². The summed E-state index contributed by atoms with van der Waals surface area (Å²) >= 11 is 0. The molecule has 0 aliphatic heterocycles. The zero-order valence-corrected chi connectivity index (χ0v) is 12.4. The Morgan fingerprint density at radius 1 is 1.21 bits per heavy atom. The van der Waals surface area contributed by atoms with Crippen LogP contribution in [-0.2, 0) is 0 Å². The van der Waals surface area contributed by atoms with Gasteiger partial charge in [0, 0.05) is 20.1 Å². The van der Waals surface area contributed by atoms with Crippen LogP contribution in [0.2, 0.25) is 0 Å². The van der Waals surface area contributed by atoms with Crippen molar-refractivity contribution in [3.05, 3.63) is 0 Å². The first kappa shape index (κ1) is 15.4. The zero-order valence-electron chi connectivity index (χ0n) is 12.4. The molecule has 0 bridgehead atoms. The summed E-state index contributed by atoms with van der Waals surface area (Å²) in [5.41, 5.74) is 0. The molecule has 1 aromatic rings. The minimum Gasteiger partial charge on any atom is -0.461 e. The van der Waals surface area contributed by atoms with Gasteiger partial charge in [-0.05, 0) is 27.4 Å². The van der Waals surface area contributed by atoms with Crippen LogP contribution in [0.5, 0.6) is 6.01 Å². The number of nitrogens with one attached hydrogen (secondary N) is 2. The molecule has 0 saturated carbocycles. The second kappa shape index (κ2) is 7.73. The third-order valence-corrected chi connectivity index (χ3v) is 2.50. The van der Waals surface area contributed by atoms with Gasteiger partial charge in [0.2, 0.25) is 11.9 Å². The number of nitrogens with zero attached hydrogens (tertiary/aromatic N) is 4. The number of anilines is 2. The van der Waals surface area contributed by atoms with Gasteiger partial charge in [-0.15, -0.1) is 0 Å². The normalized spacial score (nSPS) is 10.9. The van der Waals surface area contributed by atoms with Crippen molar-refractivity contribution in [3.8, 4) is 6.01 Å². The Morgan fingerprint density at radius 3 is 2.47 bits per heavy atom. The third kappa shape index (κ3) is 5.69. The zero-order chi connectivity index (χ0) is 14.3. The second-order valence-electron chi connectivity index (χ2n) is 4.50. The van der Waals surface area contributed by atoms with E-state index in [1.807, 2.05) is 13.8 Å². The van der Waals surface area contributed by atoms with E-state index < -0.39 is 0 Å². The van der Waals surface area contributed by atoms with Crippen molar-refractivity contribution < 1.29 is 4.74 Å². The molecule has 1 rings (SSSR count). The molecule has 7 nitrogen and oxygen atoms in total. The van der Waals surface area contributed by atoms with Gasteiger partial charge in [0.15, 0.2) is 0 Å². The lowest BCUT2D eigenvalue weighted by atomic mass is 10.5. The van der Waals surface area contributed by atoms with Gasteiger partial charge in [0.1, 0.15) is 0 Å². The Balaban J connectivity index is 2.65. The molecule has 0 fully saturated rings. The largest absolute Gasteiger partial charge is 0.461 e. The number of hydrogen-bond donors (Lipinski definition) is 2. The minimum absolute atomic E-state index is 0.0335. The monoisotopic (exact) mass is 268 g/mol. The summed E-state index contributed by atoms with van der Waals surface area (Å²) < 4.78 is 5.49. The fraction of sp³-hybridized carbons (Fsp3) is 0.750. The molecule has 7 heteroatoms. The van der Waals surface area contributed by atoms with Crippen LogP contribution in [-0.4, -0.2) is 59.7 Å². The van der Waals surface area contributed by atoms with Gasteiger partial charge < -0.3 is 20.3 Å². The van der Waals surface area contributed by atoms with Crippen LogP contribution in [0.1, 0.15) is 20.8 Å². The summed E-state index contributed by atoms with van der Waals surface area (Å²) in [4.78, 5) is 14.8. The van der Waals surface area contributed by atoms with Crippen molar-refractivity contribution in [2.45, 2.75) is 26.9 Å². The molecule has 108 valence electrons. The van der Waals surface area contributed by atoms with Crippen molar-refractivity contribution in [1.82, 2.24) is 19.9 Å². The minimum atomic E-state index is 0.0335. The number of hydrogen-bond acceptors (Lipinski definition) is 7. The standard InChI is InChI=1S/C12H24N6O/c1-6-18(5)8-7-14-11-15-10(13-4)16-12(17-11)19-9(2)3/h9H,6-8H2,1-5H3,(H2,13,14,15,16,17). The van der Waals surface area contributed by atoms with Crippen LogP contribution in [0.25, 0.3) is 0 Å². The molecule has 2 N–H and O–H groups in total. The summed E-state index contributed by atoms with van der Waals surface area (Å²) in [7, 11) is 3.84. The molecule has 0 aliphatic carbocycles. The quantitative estimate of drug-likeness (QED) is 0.730. The summed E-state index contributed by atoms with van der Waals surface area (Å²) in [6, 6.07) is 0.334. The van der Waals surface area contributed by atoms with Crippen molar-refractivity contribution >= 4 is 11.9 Å². The van der Waals surface area contributed by atoms with Gasteiger partial charge in [-0.25, -0.2) is 0 Å². The van der Waals surface area contributed by atoms with E-state index in [1.54, 1.807) is 7.05 Å². The lowest BCUT2D eigenvalue weighted by Crippen LogP contribution is -2.25. The maximum atomic E-state index is 5.49.